The molecule has 0 aliphatic carbocycles. The van der Waals surface area contributed by atoms with Crippen molar-refractivity contribution in [1.82, 2.24) is 14.1 Å². The van der Waals surface area contributed by atoms with E-state index in [1.165, 1.54) is 4.31 Å². The Bertz CT molecular complexity index is 890. The van der Waals surface area contributed by atoms with Gasteiger partial charge in [-0.05, 0) is 36.4 Å². The number of piperazine rings is 1. The summed E-state index contributed by atoms with van der Waals surface area (Å²) in [5, 5.41) is 0. The zero-order valence-corrected chi connectivity index (χ0v) is 17.2. The maximum absolute atomic E-state index is 12.7. The quantitative estimate of drug-likeness (QED) is 0.745. The van der Waals surface area contributed by atoms with E-state index in [1.807, 2.05) is 17.0 Å². The summed E-state index contributed by atoms with van der Waals surface area (Å²) in [5.41, 5.74) is 1.48. The van der Waals surface area contributed by atoms with Gasteiger partial charge in [0.25, 0.3) is 5.91 Å². The van der Waals surface area contributed by atoms with Crippen molar-refractivity contribution in [2.75, 3.05) is 39.8 Å². The lowest BCUT2D eigenvalue weighted by Crippen LogP contribution is -2.48. The van der Waals surface area contributed by atoms with Crippen LogP contribution in [0, 0.1) is 0 Å². The molecule has 0 aromatic heterocycles. The summed E-state index contributed by atoms with van der Waals surface area (Å²) in [4.78, 5) is 17.2. The molecule has 0 spiro atoms. The molecule has 1 heterocycles. The van der Waals surface area contributed by atoms with Gasteiger partial charge in [-0.3, -0.25) is 4.79 Å². The molecule has 1 fully saturated rings. The van der Waals surface area contributed by atoms with E-state index in [2.05, 4.69) is 11.8 Å². The summed E-state index contributed by atoms with van der Waals surface area (Å²) in [6.07, 6.45) is 0. The summed E-state index contributed by atoms with van der Waals surface area (Å²) in [6, 6.07) is 15.6. The van der Waals surface area contributed by atoms with E-state index >= 15 is 0 Å². The lowest BCUT2D eigenvalue weighted by atomic mass is 10.1. The maximum Gasteiger partial charge on any atom is 0.253 e. The lowest BCUT2D eigenvalue weighted by molar-refractivity contribution is 0.0643. The largest absolute Gasteiger partial charge is 0.336 e. The lowest BCUT2D eigenvalue weighted by Gasteiger charge is -2.34. The number of carbonyl (C=O) groups is 1. The minimum Gasteiger partial charge on any atom is -0.336 e. The Hall–Kier alpha value is -2.22. The van der Waals surface area contributed by atoms with Gasteiger partial charge in [0.05, 0.1) is 4.90 Å². The number of amides is 1. The summed E-state index contributed by atoms with van der Waals surface area (Å²) in [7, 11) is -1.97. The fourth-order valence-electron chi connectivity index (χ4n) is 3.32. The number of hydrogen-bond acceptors (Lipinski definition) is 4. The molecule has 150 valence electrons. The van der Waals surface area contributed by atoms with Gasteiger partial charge < -0.3 is 9.80 Å². The van der Waals surface area contributed by atoms with Gasteiger partial charge in [-0.2, -0.15) is 4.31 Å². The van der Waals surface area contributed by atoms with E-state index in [0.29, 0.717) is 5.56 Å². The second-order valence-corrected chi connectivity index (χ2v) is 9.04. The van der Waals surface area contributed by atoms with Crippen LogP contribution in [0.3, 0.4) is 0 Å². The Morgan fingerprint density at radius 1 is 0.964 bits per heavy atom. The van der Waals surface area contributed by atoms with Crippen molar-refractivity contribution in [3.05, 3.63) is 65.7 Å². The first-order valence-electron chi connectivity index (χ1n) is 9.54. The van der Waals surface area contributed by atoms with Crippen LogP contribution in [0.25, 0.3) is 0 Å². The standard InChI is InChI=1S/C21H27N3O3S/c1-3-23-13-15-24(16-14-23)21(25)19-11-9-18(10-12-19)17-22(2)28(26,27)20-7-5-4-6-8-20/h4-12H,3,13-17H2,1-2H3. The first-order valence-corrected chi connectivity index (χ1v) is 11.0. The van der Waals surface area contributed by atoms with Crippen molar-refractivity contribution < 1.29 is 13.2 Å². The molecule has 28 heavy (non-hydrogen) atoms. The van der Waals surface area contributed by atoms with Crippen molar-refractivity contribution >= 4 is 15.9 Å². The highest BCUT2D eigenvalue weighted by Crippen LogP contribution is 2.17. The smallest absolute Gasteiger partial charge is 0.253 e. The van der Waals surface area contributed by atoms with E-state index in [0.717, 1.165) is 38.3 Å². The zero-order chi connectivity index (χ0) is 20.1. The molecule has 0 saturated carbocycles. The molecular weight excluding hydrogens is 374 g/mol. The van der Waals surface area contributed by atoms with Crippen LogP contribution in [-0.4, -0.2) is 68.2 Å². The van der Waals surface area contributed by atoms with Crippen LogP contribution in [0.4, 0.5) is 0 Å². The van der Waals surface area contributed by atoms with E-state index in [4.69, 9.17) is 0 Å². The topological polar surface area (TPSA) is 60.9 Å². The molecule has 0 atom stereocenters. The molecule has 1 aliphatic rings. The van der Waals surface area contributed by atoms with Gasteiger partial charge >= 0.3 is 0 Å². The van der Waals surface area contributed by atoms with E-state index in [9.17, 15) is 13.2 Å². The molecule has 0 bridgehead atoms. The minimum atomic E-state index is -3.54. The molecule has 2 aromatic rings. The number of hydrogen-bond donors (Lipinski definition) is 0. The third-order valence-electron chi connectivity index (χ3n) is 5.16. The van der Waals surface area contributed by atoms with Gasteiger partial charge in [0, 0.05) is 45.3 Å². The van der Waals surface area contributed by atoms with Gasteiger partial charge in [-0.1, -0.05) is 37.3 Å². The van der Waals surface area contributed by atoms with E-state index in [-0.39, 0.29) is 17.3 Å². The highest BCUT2D eigenvalue weighted by molar-refractivity contribution is 7.89. The zero-order valence-electron chi connectivity index (χ0n) is 16.4. The van der Waals surface area contributed by atoms with Crippen LogP contribution < -0.4 is 0 Å². The van der Waals surface area contributed by atoms with Gasteiger partial charge in [-0.15, -0.1) is 0 Å². The Kier molecular flexibility index (Phi) is 6.49. The summed E-state index contributed by atoms with van der Waals surface area (Å²) < 4.78 is 26.6. The second-order valence-electron chi connectivity index (χ2n) is 7.00. The molecular formula is C21H27N3O3S. The van der Waals surface area contributed by atoms with Crippen molar-refractivity contribution in [2.24, 2.45) is 0 Å². The third-order valence-corrected chi connectivity index (χ3v) is 6.98. The van der Waals surface area contributed by atoms with Gasteiger partial charge in [-0.25, -0.2) is 8.42 Å². The van der Waals surface area contributed by atoms with Crippen LogP contribution in [0.15, 0.2) is 59.5 Å². The Morgan fingerprint density at radius 2 is 1.57 bits per heavy atom. The fourth-order valence-corrected chi connectivity index (χ4v) is 4.50. The number of carbonyl (C=O) groups excluding carboxylic acids is 1. The molecule has 6 nitrogen and oxygen atoms in total. The van der Waals surface area contributed by atoms with Gasteiger partial charge in [0.1, 0.15) is 0 Å². The SMILES string of the molecule is CCN1CCN(C(=O)c2ccc(CN(C)S(=O)(=O)c3ccccc3)cc2)CC1. The van der Waals surface area contributed by atoms with Crippen molar-refractivity contribution in [3.63, 3.8) is 0 Å². The molecule has 0 N–H and O–H groups in total. The number of rotatable bonds is 6. The van der Waals surface area contributed by atoms with Crippen molar-refractivity contribution in [2.45, 2.75) is 18.4 Å². The number of likely N-dealkylation sites (N-methyl/N-ethyl adjacent to an activating group) is 1. The van der Waals surface area contributed by atoms with Crippen LogP contribution in [0.2, 0.25) is 0 Å². The normalized spacial score (nSPS) is 15.8. The molecule has 3 rings (SSSR count). The fraction of sp³-hybridized carbons (Fsp3) is 0.381. The predicted molar refractivity (Wildman–Crippen MR) is 110 cm³/mol. The van der Waals surface area contributed by atoms with Gasteiger partial charge in [0.2, 0.25) is 10.0 Å². The Labute approximate surface area is 167 Å². The van der Waals surface area contributed by atoms with E-state index in [1.54, 1.807) is 49.5 Å². The first-order chi connectivity index (χ1) is 13.4. The number of benzene rings is 2. The molecule has 2 aromatic carbocycles. The van der Waals surface area contributed by atoms with Crippen LogP contribution in [-0.2, 0) is 16.6 Å². The number of nitrogens with zero attached hydrogens (tertiary/aromatic N) is 3. The maximum atomic E-state index is 12.7. The molecule has 0 unspecified atom stereocenters. The van der Waals surface area contributed by atoms with Crippen molar-refractivity contribution in [3.8, 4) is 0 Å². The molecule has 0 radical (unpaired) electrons. The summed E-state index contributed by atoms with van der Waals surface area (Å²) in [5.74, 6) is 0.0348. The number of sulfonamides is 1. The minimum absolute atomic E-state index is 0.0348. The Balaban J connectivity index is 1.64. The second kappa shape index (κ2) is 8.86. The van der Waals surface area contributed by atoms with Crippen molar-refractivity contribution in [1.29, 1.82) is 0 Å². The summed E-state index contributed by atoms with van der Waals surface area (Å²) in [6.45, 7) is 6.69. The van der Waals surface area contributed by atoms with E-state index < -0.39 is 10.0 Å². The average molecular weight is 402 g/mol. The molecule has 7 heteroatoms. The average Bonchev–Trinajstić information content (AvgIpc) is 2.74. The Morgan fingerprint density at radius 3 is 2.14 bits per heavy atom. The first kappa shape index (κ1) is 20.5. The third kappa shape index (κ3) is 4.60. The van der Waals surface area contributed by atoms with Gasteiger partial charge in [0.15, 0.2) is 0 Å². The molecule has 1 amide bonds. The van der Waals surface area contributed by atoms with Crippen LogP contribution in [0.5, 0.6) is 0 Å². The highest BCUT2D eigenvalue weighted by Gasteiger charge is 2.22. The molecule has 1 aliphatic heterocycles. The molecule has 1 saturated heterocycles. The van der Waals surface area contributed by atoms with Crippen LogP contribution >= 0.6 is 0 Å². The predicted octanol–water partition coefficient (Wildman–Crippen LogP) is 2.29. The monoisotopic (exact) mass is 401 g/mol. The van der Waals surface area contributed by atoms with Crippen LogP contribution in [0.1, 0.15) is 22.8 Å². The highest BCUT2D eigenvalue weighted by atomic mass is 32.2. The summed E-state index contributed by atoms with van der Waals surface area (Å²) >= 11 is 0.